The Morgan fingerprint density at radius 1 is 0.711 bits per heavy atom. The Bertz CT molecular complexity index is 1410. The first kappa shape index (κ1) is 29.1. The van der Waals surface area contributed by atoms with Crippen molar-refractivity contribution in [2.45, 2.75) is 0 Å². The molecule has 0 bridgehead atoms. The third-order valence-electron chi connectivity index (χ3n) is 4.09. The number of hydrogen-bond acceptors (Lipinski definition) is 10. The summed E-state index contributed by atoms with van der Waals surface area (Å²) in [6, 6.07) is 7.37. The number of ether oxygens (including phenoxy) is 3. The van der Waals surface area contributed by atoms with E-state index in [1.54, 1.807) is 0 Å². The van der Waals surface area contributed by atoms with Gasteiger partial charge in [0.2, 0.25) is 34.8 Å². The SMILES string of the molecule is O=P(Oc1ccc(OC=S)cc1)(Oc1ccc(OC=S)cc1F)Oc1c(F)c(F)c(OC(F)=S)c(F)c1F. The van der Waals surface area contributed by atoms with Crippen LogP contribution in [-0.4, -0.2) is 16.4 Å². The average molecular weight is 614 g/mol. The fourth-order valence-corrected chi connectivity index (χ4v) is 4.15. The number of thiocarbonyl (C=S) groups is 3. The lowest BCUT2D eigenvalue weighted by Gasteiger charge is -2.21. The highest BCUT2D eigenvalue weighted by Gasteiger charge is 2.39. The predicted octanol–water partition coefficient (Wildman–Crippen LogP) is 7.33. The molecule has 38 heavy (non-hydrogen) atoms. The third kappa shape index (κ3) is 6.89. The molecule has 0 fully saturated rings. The first-order chi connectivity index (χ1) is 18.0. The lowest BCUT2D eigenvalue weighted by Crippen LogP contribution is -2.13. The molecule has 0 radical (unpaired) electrons. The molecule has 1 unspecified atom stereocenters. The fourth-order valence-electron chi connectivity index (χ4n) is 2.58. The van der Waals surface area contributed by atoms with Crippen molar-refractivity contribution in [1.29, 1.82) is 0 Å². The summed E-state index contributed by atoms with van der Waals surface area (Å²) in [5.74, 6) is -15.5. The second-order valence-electron chi connectivity index (χ2n) is 6.47. The molecule has 0 heterocycles. The number of phosphoric ester groups is 1. The van der Waals surface area contributed by atoms with E-state index in [0.717, 1.165) is 41.4 Å². The molecular formula is C21H9F6O7PS3. The smallest absolute Gasteiger partial charge is 0.454 e. The highest BCUT2D eigenvalue weighted by molar-refractivity contribution is 7.79. The van der Waals surface area contributed by atoms with Gasteiger partial charge in [-0.2, -0.15) is 26.5 Å². The average Bonchev–Trinajstić information content (AvgIpc) is 2.86. The Balaban J connectivity index is 2.07. The van der Waals surface area contributed by atoms with Crippen molar-refractivity contribution in [3.05, 3.63) is 71.6 Å². The van der Waals surface area contributed by atoms with Crippen molar-refractivity contribution < 1.29 is 58.7 Å². The molecule has 3 rings (SSSR count). The summed E-state index contributed by atoms with van der Waals surface area (Å²) in [6.45, 7) is 0. The Morgan fingerprint density at radius 3 is 1.74 bits per heavy atom. The predicted molar refractivity (Wildman–Crippen MR) is 132 cm³/mol. The van der Waals surface area contributed by atoms with Gasteiger partial charge in [0.25, 0.3) is 0 Å². The van der Waals surface area contributed by atoms with Gasteiger partial charge in [-0.15, -0.1) is 0 Å². The highest BCUT2D eigenvalue weighted by Crippen LogP contribution is 2.52. The maximum absolute atomic E-state index is 14.6. The summed E-state index contributed by atoms with van der Waals surface area (Å²) >= 11 is 12.9. The molecule has 0 amide bonds. The van der Waals surface area contributed by atoms with Gasteiger partial charge in [0.1, 0.15) is 17.2 Å². The third-order valence-corrected chi connectivity index (χ3v) is 5.63. The van der Waals surface area contributed by atoms with E-state index in [0.29, 0.717) is 0 Å². The van der Waals surface area contributed by atoms with Gasteiger partial charge in [-0.3, -0.25) is 0 Å². The van der Waals surface area contributed by atoms with Gasteiger partial charge in [0.05, 0.1) is 0 Å². The van der Waals surface area contributed by atoms with Crippen molar-refractivity contribution in [3.63, 3.8) is 0 Å². The van der Waals surface area contributed by atoms with Crippen LogP contribution in [0.1, 0.15) is 0 Å². The molecule has 7 nitrogen and oxygen atoms in total. The van der Waals surface area contributed by atoms with Crippen LogP contribution in [0.25, 0.3) is 0 Å². The van der Waals surface area contributed by atoms with E-state index in [9.17, 15) is 30.9 Å². The summed E-state index contributed by atoms with van der Waals surface area (Å²) in [4.78, 5) is 0. The van der Waals surface area contributed by atoms with Crippen LogP contribution in [-0.2, 0) is 4.57 Å². The fraction of sp³-hybridized carbons (Fsp3) is 0. The lowest BCUT2D eigenvalue weighted by atomic mass is 10.2. The van der Waals surface area contributed by atoms with Crippen LogP contribution in [0.5, 0.6) is 34.5 Å². The van der Waals surface area contributed by atoms with E-state index in [2.05, 4.69) is 45.9 Å². The largest absolute Gasteiger partial charge is 0.647 e. The maximum Gasteiger partial charge on any atom is 0.647 e. The van der Waals surface area contributed by atoms with Crippen LogP contribution in [0, 0.1) is 29.1 Å². The van der Waals surface area contributed by atoms with Crippen LogP contribution < -0.4 is 27.8 Å². The highest BCUT2D eigenvalue weighted by atomic mass is 32.1. The van der Waals surface area contributed by atoms with Gasteiger partial charge in [0, 0.05) is 6.07 Å². The Labute approximate surface area is 225 Å². The van der Waals surface area contributed by atoms with Crippen molar-refractivity contribution in [2.75, 3.05) is 0 Å². The van der Waals surface area contributed by atoms with Crippen molar-refractivity contribution in [2.24, 2.45) is 0 Å². The lowest BCUT2D eigenvalue weighted by molar-refractivity contribution is 0.273. The summed E-state index contributed by atoms with van der Waals surface area (Å²) in [5, 5.41) is -1.97. The van der Waals surface area contributed by atoms with Gasteiger partial charge >= 0.3 is 13.1 Å². The number of phosphoric acid groups is 1. The topological polar surface area (TPSA) is 72.5 Å². The van der Waals surface area contributed by atoms with Gasteiger partial charge in [0.15, 0.2) is 22.7 Å². The molecule has 0 aromatic heterocycles. The Hall–Kier alpha value is -3.46. The van der Waals surface area contributed by atoms with Gasteiger partial charge in [-0.1, -0.05) is 0 Å². The molecule has 3 aromatic rings. The van der Waals surface area contributed by atoms with Crippen LogP contribution in [0.2, 0.25) is 0 Å². The molecule has 0 aliphatic carbocycles. The minimum atomic E-state index is -5.44. The van der Waals surface area contributed by atoms with Gasteiger partial charge in [-0.05, 0) is 73.1 Å². The Kier molecular flexibility index (Phi) is 9.49. The zero-order valence-corrected chi connectivity index (χ0v) is 21.3. The van der Waals surface area contributed by atoms with E-state index < -0.39 is 59.5 Å². The number of benzene rings is 3. The molecule has 3 aromatic carbocycles. The van der Waals surface area contributed by atoms with E-state index in [1.165, 1.54) is 12.1 Å². The van der Waals surface area contributed by atoms with Crippen LogP contribution in [0.15, 0.2) is 42.5 Å². The quantitative estimate of drug-likeness (QED) is 0.0721. The van der Waals surface area contributed by atoms with Crippen molar-refractivity contribution in [3.8, 4) is 34.5 Å². The summed E-state index contributed by atoms with van der Waals surface area (Å²) in [5.41, 5.74) is 1.73. The van der Waals surface area contributed by atoms with Crippen LogP contribution in [0.3, 0.4) is 0 Å². The van der Waals surface area contributed by atoms with Gasteiger partial charge < -0.3 is 27.8 Å². The molecule has 0 saturated heterocycles. The van der Waals surface area contributed by atoms with Gasteiger partial charge in [-0.25, -0.2) is 4.39 Å². The molecule has 0 saturated carbocycles. The first-order valence-electron chi connectivity index (χ1n) is 9.50. The van der Waals surface area contributed by atoms with E-state index in [1.807, 2.05) is 0 Å². The minimum absolute atomic E-state index is 0.113. The van der Waals surface area contributed by atoms with E-state index in [-0.39, 0.29) is 17.2 Å². The molecule has 1 atom stereocenters. The zero-order chi connectivity index (χ0) is 28.0. The number of rotatable bonds is 11. The van der Waals surface area contributed by atoms with Crippen molar-refractivity contribution in [1.82, 2.24) is 0 Å². The molecule has 200 valence electrons. The molecule has 0 aliphatic rings. The minimum Gasteiger partial charge on any atom is -0.454 e. The van der Waals surface area contributed by atoms with Crippen molar-refractivity contribution >= 4 is 60.9 Å². The molecule has 0 N–H and O–H groups in total. The molecular weight excluding hydrogens is 605 g/mol. The summed E-state index contributed by atoms with van der Waals surface area (Å²) in [7, 11) is -5.44. The van der Waals surface area contributed by atoms with Crippen LogP contribution in [0.4, 0.5) is 26.3 Å². The zero-order valence-electron chi connectivity index (χ0n) is 18.0. The number of hydrogen-bond donors (Lipinski definition) is 0. The monoisotopic (exact) mass is 614 g/mol. The second-order valence-corrected chi connectivity index (χ2v) is 8.61. The maximum atomic E-state index is 14.6. The normalized spacial score (nSPS) is 12.1. The first-order valence-corrected chi connectivity index (χ1v) is 12.3. The summed E-state index contributed by atoms with van der Waals surface area (Å²) in [6.07, 6.45) is 0. The van der Waals surface area contributed by atoms with Crippen LogP contribution >= 0.6 is 44.5 Å². The summed E-state index contributed by atoms with van der Waals surface area (Å²) < 4.78 is 127. The Morgan fingerprint density at radius 2 is 1.21 bits per heavy atom. The standard InChI is InChI=1S/C21H9F6O7PS3/c22-13-7-12(30-9-37)5-6-14(13)33-35(28,32-11-3-1-10(2-4-11)29-8-36)34-20-17(25)15(23)19(31-21(27)38)16(24)18(20)26/h1-9H. The van der Waals surface area contributed by atoms with E-state index in [4.69, 9.17) is 18.5 Å². The molecule has 17 heteroatoms. The second kappa shape index (κ2) is 12.4. The van der Waals surface area contributed by atoms with E-state index >= 15 is 0 Å². The molecule has 0 aliphatic heterocycles. The number of halogens is 6. The molecule has 0 spiro atoms.